The normalized spacial score (nSPS) is 17.9. The van der Waals surface area contributed by atoms with Crippen LogP contribution in [0.3, 0.4) is 0 Å². The lowest BCUT2D eigenvalue weighted by atomic mass is 9.84. The van der Waals surface area contributed by atoms with Crippen molar-refractivity contribution in [2.75, 3.05) is 43.5 Å². The summed E-state index contributed by atoms with van der Waals surface area (Å²) >= 11 is 0. The molecule has 5 rings (SSSR count). The molecule has 2 aliphatic rings. The Hall–Kier alpha value is -3.00. The van der Waals surface area contributed by atoms with Crippen molar-refractivity contribution in [3.8, 4) is 5.88 Å². The minimum absolute atomic E-state index is 0.312. The average molecular weight is 420 g/mol. The van der Waals surface area contributed by atoms with Crippen LogP contribution in [0.2, 0.25) is 0 Å². The van der Waals surface area contributed by atoms with Crippen molar-refractivity contribution in [3.63, 3.8) is 0 Å². The van der Waals surface area contributed by atoms with E-state index in [-0.39, 0.29) is 0 Å². The van der Waals surface area contributed by atoms with E-state index in [4.69, 9.17) is 14.7 Å². The van der Waals surface area contributed by atoms with Crippen LogP contribution in [-0.2, 0) is 13.0 Å². The highest BCUT2D eigenvalue weighted by molar-refractivity contribution is 5.89. The molecule has 0 amide bonds. The smallest absolute Gasteiger partial charge is 0.238 e. The predicted octanol–water partition coefficient (Wildman–Crippen LogP) is 3.40. The molecule has 0 aromatic carbocycles. The summed E-state index contributed by atoms with van der Waals surface area (Å²) in [4.78, 5) is 23.4. The minimum atomic E-state index is 0.312. The molecule has 5 heterocycles. The molecule has 162 valence electrons. The van der Waals surface area contributed by atoms with Crippen molar-refractivity contribution in [3.05, 3.63) is 35.8 Å². The second kappa shape index (κ2) is 7.60. The standard InChI is InChI=1S/C23H29N7O/c1-5-31-21-18(10-16-12-29(4)9-7-17(16)26-21)27-22-25-11-15-6-8-24-20(19(15)28-22)30-13-23(2,3)14-30/h6,8,10-11H,5,7,9,12-14H2,1-4H3,(H,25,27,28). The van der Waals surface area contributed by atoms with Crippen LogP contribution < -0.4 is 15.0 Å². The van der Waals surface area contributed by atoms with Gasteiger partial charge in [0.25, 0.3) is 0 Å². The Bertz CT molecular complexity index is 1120. The van der Waals surface area contributed by atoms with E-state index in [1.807, 2.05) is 25.4 Å². The van der Waals surface area contributed by atoms with E-state index in [9.17, 15) is 0 Å². The molecule has 2 aliphatic heterocycles. The quantitative estimate of drug-likeness (QED) is 0.674. The third-order valence-corrected chi connectivity index (χ3v) is 5.87. The lowest BCUT2D eigenvalue weighted by Gasteiger charge is -2.46. The molecule has 1 fully saturated rings. The molecule has 1 saturated heterocycles. The highest BCUT2D eigenvalue weighted by atomic mass is 16.5. The van der Waals surface area contributed by atoms with Crippen LogP contribution in [0, 0.1) is 5.41 Å². The number of hydrogen-bond acceptors (Lipinski definition) is 8. The topological polar surface area (TPSA) is 79.3 Å². The summed E-state index contributed by atoms with van der Waals surface area (Å²) in [6, 6.07) is 4.08. The van der Waals surface area contributed by atoms with E-state index >= 15 is 0 Å². The van der Waals surface area contributed by atoms with Crippen LogP contribution in [0.1, 0.15) is 32.0 Å². The van der Waals surface area contributed by atoms with Crippen LogP contribution in [0.5, 0.6) is 5.88 Å². The molecular formula is C23H29N7O. The first-order valence-corrected chi connectivity index (χ1v) is 10.9. The average Bonchev–Trinajstić information content (AvgIpc) is 2.72. The van der Waals surface area contributed by atoms with E-state index in [0.717, 1.165) is 60.7 Å². The van der Waals surface area contributed by atoms with Crippen molar-refractivity contribution in [1.82, 2.24) is 24.8 Å². The first-order chi connectivity index (χ1) is 14.9. The zero-order valence-corrected chi connectivity index (χ0v) is 18.6. The van der Waals surface area contributed by atoms with Crippen molar-refractivity contribution in [1.29, 1.82) is 0 Å². The maximum atomic E-state index is 5.84. The number of anilines is 3. The van der Waals surface area contributed by atoms with Gasteiger partial charge in [0.1, 0.15) is 11.2 Å². The van der Waals surface area contributed by atoms with Gasteiger partial charge in [-0.25, -0.2) is 19.9 Å². The first-order valence-electron chi connectivity index (χ1n) is 10.9. The van der Waals surface area contributed by atoms with Crippen LogP contribution >= 0.6 is 0 Å². The summed E-state index contributed by atoms with van der Waals surface area (Å²) in [5, 5.41) is 4.34. The second-order valence-electron chi connectivity index (χ2n) is 9.28. The lowest BCUT2D eigenvalue weighted by molar-refractivity contribution is 0.275. The number of fused-ring (bicyclic) bond motifs is 2. The Kier molecular flexibility index (Phi) is 4.89. The summed E-state index contributed by atoms with van der Waals surface area (Å²) in [5.41, 5.74) is 4.29. The van der Waals surface area contributed by atoms with E-state index in [2.05, 4.69) is 52.0 Å². The fourth-order valence-electron chi connectivity index (χ4n) is 4.42. The van der Waals surface area contributed by atoms with Gasteiger partial charge >= 0.3 is 0 Å². The monoisotopic (exact) mass is 419 g/mol. The van der Waals surface area contributed by atoms with Crippen LogP contribution in [0.15, 0.2) is 24.5 Å². The maximum absolute atomic E-state index is 5.84. The molecule has 0 spiro atoms. The highest BCUT2D eigenvalue weighted by Gasteiger charge is 2.36. The molecule has 0 radical (unpaired) electrons. The summed E-state index contributed by atoms with van der Waals surface area (Å²) in [7, 11) is 2.13. The van der Waals surface area contributed by atoms with Gasteiger partial charge in [0.2, 0.25) is 11.8 Å². The van der Waals surface area contributed by atoms with Gasteiger partial charge in [-0.1, -0.05) is 13.8 Å². The third-order valence-electron chi connectivity index (χ3n) is 5.87. The molecule has 0 bridgehead atoms. The number of likely N-dealkylation sites (N-methyl/N-ethyl adjacent to an activating group) is 1. The molecule has 0 unspecified atom stereocenters. The lowest BCUT2D eigenvalue weighted by Crippen LogP contribution is -2.53. The molecule has 3 aromatic heterocycles. The Morgan fingerprint density at radius 3 is 2.81 bits per heavy atom. The molecular weight excluding hydrogens is 390 g/mol. The molecule has 1 N–H and O–H groups in total. The summed E-state index contributed by atoms with van der Waals surface area (Å²) in [6.45, 7) is 10.9. The number of aromatic nitrogens is 4. The Labute approximate surface area is 182 Å². The Balaban J connectivity index is 1.50. The largest absolute Gasteiger partial charge is 0.476 e. The third kappa shape index (κ3) is 3.87. The van der Waals surface area contributed by atoms with Crippen molar-refractivity contribution >= 4 is 28.4 Å². The zero-order valence-electron chi connectivity index (χ0n) is 18.6. The zero-order chi connectivity index (χ0) is 21.6. The minimum Gasteiger partial charge on any atom is -0.476 e. The molecule has 8 heteroatoms. The Morgan fingerprint density at radius 1 is 1.19 bits per heavy atom. The summed E-state index contributed by atoms with van der Waals surface area (Å²) in [6.07, 6.45) is 4.61. The van der Waals surface area contributed by atoms with Gasteiger partial charge < -0.3 is 19.9 Å². The Morgan fingerprint density at radius 2 is 2.03 bits per heavy atom. The van der Waals surface area contributed by atoms with Gasteiger partial charge in [-0.05, 0) is 37.1 Å². The van der Waals surface area contributed by atoms with Gasteiger partial charge in [0.05, 0.1) is 12.3 Å². The number of ether oxygens (including phenoxy) is 1. The molecule has 0 atom stereocenters. The van der Waals surface area contributed by atoms with Crippen molar-refractivity contribution in [2.45, 2.75) is 33.7 Å². The van der Waals surface area contributed by atoms with E-state index < -0.39 is 0 Å². The maximum Gasteiger partial charge on any atom is 0.238 e. The van der Waals surface area contributed by atoms with Crippen LogP contribution in [0.4, 0.5) is 17.5 Å². The van der Waals surface area contributed by atoms with Crippen LogP contribution in [-0.4, -0.2) is 58.1 Å². The van der Waals surface area contributed by atoms with Crippen molar-refractivity contribution in [2.24, 2.45) is 5.41 Å². The van der Waals surface area contributed by atoms with Gasteiger partial charge in [0.15, 0.2) is 5.82 Å². The molecule has 0 aliphatic carbocycles. The number of nitrogens with one attached hydrogen (secondary N) is 1. The summed E-state index contributed by atoms with van der Waals surface area (Å²) in [5.74, 6) is 2.04. The molecule has 3 aromatic rings. The fourth-order valence-corrected chi connectivity index (χ4v) is 4.42. The molecule has 31 heavy (non-hydrogen) atoms. The van der Waals surface area contributed by atoms with Gasteiger partial charge in [-0.2, -0.15) is 0 Å². The van der Waals surface area contributed by atoms with Gasteiger partial charge in [0, 0.05) is 50.4 Å². The van der Waals surface area contributed by atoms with Gasteiger partial charge in [-0.3, -0.25) is 0 Å². The van der Waals surface area contributed by atoms with E-state index in [1.54, 1.807) is 0 Å². The highest BCUT2D eigenvalue weighted by Crippen LogP contribution is 2.36. The molecule has 0 saturated carbocycles. The fraction of sp³-hybridized carbons (Fsp3) is 0.478. The molecule has 8 nitrogen and oxygen atoms in total. The summed E-state index contributed by atoms with van der Waals surface area (Å²) < 4.78 is 5.84. The number of pyridine rings is 2. The first kappa shape index (κ1) is 19.9. The predicted molar refractivity (Wildman–Crippen MR) is 122 cm³/mol. The number of rotatable bonds is 5. The second-order valence-corrected chi connectivity index (χ2v) is 9.28. The van der Waals surface area contributed by atoms with E-state index in [1.165, 1.54) is 5.56 Å². The van der Waals surface area contributed by atoms with E-state index in [0.29, 0.717) is 23.9 Å². The van der Waals surface area contributed by atoms with Crippen molar-refractivity contribution < 1.29 is 4.74 Å². The van der Waals surface area contributed by atoms with Crippen LogP contribution in [0.25, 0.3) is 10.9 Å². The SMILES string of the molecule is CCOc1nc2c(cc1Nc1ncc3ccnc(N4CC(C)(C)C4)c3n1)CN(C)CC2. The number of nitrogens with zero attached hydrogens (tertiary/aromatic N) is 6. The number of hydrogen-bond donors (Lipinski definition) is 1. The van der Waals surface area contributed by atoms with Gasteiger partial charge in [-0.15, -0.1) is 0 Å².